The molecule has 0 aliphatic carbocycles. The molecule has 0 bridgehead atoms. The summed E-state index contributed by atoms with van der Waals surface area (Å²) in [6.45, 7) is 1.79. The van der Waals surface area contributed by atoms with Crippen LogP contribution in [0.15, 0.2) is 84.0 Å². The highest BCUT2D eigenvalue weighted by Crippen LogP contribution is 2.20. The molecule has 0 aliphatic rings. The van der Waals surface area contributed by atoms with E-state index in [9.17, 15) is 9.59 Å². The zero-order valence-electron chi connectivity index (χ0n) is 15.9. The molecule has 2 aromatic heterocycles. The first-order valence-corrected chi connectivity index (χ1v) is 9.33. The monoisotopic (exact) mass is 384 g/mol. The molecular weight excluding hydrogens is 364 g/mol. The number of nitrogens with zero attached hydrogens (tertiary/aromatic N) is 3. The van der Waals surface area contributed by atoms with Crippen molar-refractivity contribution in [2.75, 3.05) is 0 Å². The van der Waals surface area contributed by atoms with Crippen molar-refractivity contribution in [2.24, 2.45) is 0 Å². The number of rotatable bonds is 5. The number of fused-ring (bicyclic) bond motifs is 1. The Balaban J connectivity index is 1.62. The number of hydrogen-bond donors (Lipinski definition) is 1. The van der Waals surface area contributed by atoms with E-state index in [1.54, 1.807) is 12.3 Å². The van der Waals surface area contributed by atoms with E-state index in [4.69, 9.17) is 0 Å². The van der Waals surface area contributed by atoms with E-state index < -0.39 is 6.04 Å². The zero-order valence-corrected chi connectivity index (χ0v) is 15.9. The molecule has 0 saturated carbocycles. The SMILES string of the molecule is Cc1cccc2c(=O)n(CC(=O)NC(c3ccccc3)c3ccccn3)cnc12. The van der Waals surface area contributed by atoms with E-state index in [-0.39, 0.29) is 18.0 Å². The second kappa shape index (κ2) is 8.06. The Morgan fingerprint density at radius 3 is 2.55 bits per heavy atom. The van der Waals surface area contributed by atoms with E-state index >= 15 is 0 Å². The van der Waals surface area contributed by atoms with Gasteiger partial charge in [-0.25, -0.2) is 4.98 Å². The number of carbonyl (C=O) groups excluding carboxylic acids is 1. The van der Waals surface area contributed by atoms with E-state index in [0.29, 0.717) is 10.9 Å². The van der Waals surface area contributed by atoms with Crippen LogP contribution < -0.4 is 10.9 Å². The molecule has 1 N–H and O–H groups in total. The van der Waals surface area contributed by atoms with Crippen LogP contribution in [0.2, 0.25) is 0 Å². The Hall–Kier alpha value is -3.80. The second-order valence-corrected chi connectivity index (χ2v) is 6.81. The molecule has 2 heterocycles. The van der Waals surface area contributed by atoms with Gasteiger partial charge in [0.1, 0.15) is 6.54 Å². The van der Waals surface area contributed by atoms with E-state index in [0.717, 1.165) is 16.8 Å². The van der Waals surface area contributed by atoms with Gasteiger partial charge in [-0.15, -0.1) is 0 Å². The summed E-state index contributed by atoms with van der Waals surface area (Å²) in [5.74, 6) is -0.291. The van der Waals surface area contributed by atoms with Crippen LogP contribution in [0.4, 0.5) is 0 Å². The fraction of sp³-hybridized carbons (Fsp3) is 0.130. The van der Waals surface area contributed by atoms with Crippen LogP contribution in [0, 0.1) is 6.92 Å². The first kappa shape index (κ1) is 18.6. The van der Waals surface area contributed by atoms with Gasteiger partial charge in [0.2, 0.25) is 5.91 Å². The van der Waals surface area contributed by atoms with Crippen molar-refractivity contribution in [2.45, 2.75) is 19.5 Å². The van der Waals surface area contributed by atoms with E-state index in [1.807, 2.05) is 67.6 Å². The van der Waals surface area contributed by atoms with Gasteiger partial charge < -0.3 is 5.32 Å². The maximum absolute atomic E-state index is 12.8. The summed E-state index contributed by atoms with van der Waals surface area (Å²) in [6, 6.07) is 20.2. The number of nitrogens with one attached hydrogen (secondary N) is 1. The molecule has 1 unspecified atom stereocenters. The minimum Gasteiger partial charge on any atom is -0.342 e. The normalized spacial score (nSPS) is 11.9. The maximum atomic E-state index is 12.8. The summed E-state index contributed by atoms with van der Waals surface area (Å²) in [5, 5.41) is 3.50. The van der Waals surface area contributed by atoms with Gasteiger partial charge in [-0.05, 0) is 36.2 Å². The van der Waals surface area contributed by atoms with Crippen LogP contribution in [0.1, 0.15) is 22.9 Å². The third-order valence-corrected chi connectivity index (χ3v) is 4.79. The molecule has 6 heteroatoms. The van der Waals surface area contributed by atoms with Crippen LogP contribution in [0.5, 0.6) is 0 Å². The smallest absolute Gasteiger partial charge is 0.261 e. The molecule has 144 valence electrons. The molecule has 1 amide bonds. The summed E-state index contributed by atoms with van der Waals surface area (Å²) >= 11 is 0. The topological polar surface area (TPSA) is 76.9 Å². The standard InChI is InChI=1S/C23H20N4O2/c1-16-8-7-11-18-21(16)25-15-27(23(18)29)14-20(28)26-22(17-9-3-2-4-10-17)19-12-5-6-13-24-19/h2-13,15,22H,14H2,1H3,(H,26,28). The number of para-hydroxylation sites is 1. The van der Waals surface area contributed by atoms with Crippen LogP contribution >= 0.6 is 0 Å². The largest absolute Gasteiger partial charge is 0.342 e. The van der Waals surface area contributed by atoms with Crippen LogP contribution in [0.3, 0.4) is 0 Å². The third kappa shape index (κ3) is 3.91. The summed E-state index contributed by atoms with van der Waals surface area (Å²) in [5.41, 5.74) is 2.99. The summed E-state index contributed by atoms with van der Waals surface area (Å²) in [7, 11) is 0. The molecule has 0 saturated heterocycles. The average molecular weight is 384 g/mol. The van der Waals surface area contributed by atoms with E-state index in [1.165, 1.54) is 10.9 Å². The molecule has 4 rings (SSSR count). The minimum absolute atomic E-state index is 0.119. The number of aryl methyl sites for hydroxylation is 1. The second-order valence-electron chi connectivity index (χ2n) is 6.81. The molecule has 0 spiro atoms. The lowest BCUT2D eigenvalue weighted by atomic mass is 10.0. The molecule has 0 fully saturated rings. The Morgan fingerprint density at radius 1 is 1.00 bits per heavy atom. The van der Waals surface area contributed by atoms with Crippen molar-refractivity contribution in [1.29, 1.82) is 0 Å². The van der Waals surface area contributed by atoms with Crippen molar-refractivity contribution in [3.8, 4) is 0 Å². The quantitative estimate of drug-likeness (QED) is 0.574. The van der Waals surface area contributed by atoms with Crippen LogP contribution in [-0.2, 0) is 11.3 Å². The predicted octanol–water partition coefficient (Wildman–Crippen LogP) is 3.01. The summed E-state index contributed by atoms with van der Waals surface area (Å²) in [4.78, 5) is 34.3. The van der Waals surface area contributed by atoms with Gasteiger partial charge in [0, 0.05) is 6.20 Å². The fourth-order valence-electron chi connectivity index (χ4n) is 3.33. The maximum Gasteiger partial charge on any atom is 0.261 e. The lowest BCUT2D eigenvalue weighted by Gasteiger charge is -2.19. The van der Waals surface area contributed by atoms with Crippen molar-refractivity contribution in [1.82, 2.24) is 19.9 Å². The molecular formula is C23H20N4O2. The Morgan fingerprint density at radius 2 is 1.79 bits per heavy atom. The number of carbonyl (C=O) groups is 1. The number of aromatic nitrogens is 3. The van der Waals surface area contributed by atoms with Crippen molar-refractivity contribution >= 4 is 16.8 Å². The molecule has 29 heavy (non-hydrogen) atoms. The molecule has 2 aromatic carbocycles. The highest BCUT2D eigenvalue weighted by molar-refractivity contribution is 5.81. The van der Waals surface area contributed by atoms with Crippen LogP contribution in [-0.4, -0.2) is 20.4 Å². The fourth-order valence-corrected chi connectivity index (χ4v) is 3.33. The molecule has 6 nitrogen and oxygen atoms in total. The lowest BCUT2D eigenvalue weighted by molar-refractivity contribution is -0.122. The highest BCUT2D eigenvalue weighted by Gasteiger charge is 2.18. The summed E-state index contributed by atoms with van der Waals surface area (Å²) in [6.07, 6.45) is 3.12. The Bertz CT molecular complexity index is 1160. The minimum atomic E-state index is -0.406. The van der Waals surface area contributed by atoms with Gasteiger partial charge in [-0.1, -0.05) is 48.5 Å². The third-order valence-electron chi connectivity index (χ3n) is 4.79. The first-order chi connectivity index (χ1) is 14.1. The van der Waals surface area contributed by atoms with Gasteiger partial charge in [0.05, 0.1) is 29.0 Å². The molecule has 0 aliphatic heterocycles. The van der Waals surface area contributed by atoms with E-state index in [2.05, 4.69) is 15.3 Å². The number of benzene rings is 2. The number of pyridine rings is 1. The van der Waals surface area contributed by atoms with Gasteiger partial charge in [-0.3, -0.25) is 19.1 Å². The van der Waals surface area contributed by atoms with Crippen LogP contribution in [0.25, 0.3) is 10.9 Å². The van der Waals surface area contributed by atoms with Gasteiger partial charge in [-0.2, -0.15) is 0 Å². The Kier molecular flexibility index (Phi) is 5.16. The molecule has 1 atom stereocenters. The van der Waals surface area contributed by atoms with Gasteiger partial charge >= 0.3 is 0 Å². The lowest BCUT2D eigenvalue weighted by Crippen LogP contribution is -2.35. The summed E-state index contributed by atoms with van der Waals surface area (Å²) < 4.78 is 1.33. The molecule has 4 aromatic rings. The average Bonchev–Trinajstić information content (AvgIpc) is 2.76. The molecule has 0 radical (unpaired) electrons. The number of amides is 1. The van der Waals surface area contributed by atoms with Crippen molar-refractivity contribution in [3.63, 3.8) is 0 Å². The zero-order chi connectivity index (χ0) is 20.2. The Labute approximate surface area is 167 Å². The van der Waals surface area contributed by atoms with Crippen molar-refractivity contribution in [3.05, 3.63) is 106 Å². The van der Waals surface area contributed by atoms with Gasteiger partial charge in [0.15, 0.2) is 0 Å². The number of hydrogen-bond acceptors (Lipinski definition) is 4. The van der Waals surface area contributed by atoms with Crippen molar-refractivity contribution < 1.29 is 4.79 Å². The highest BCUT2D eigenvalue weighted by atomic mass is 16.2. The van der Waals surface area contributed by atoms with Gasteiger partial charge in [0.25, 0.3) is 5.56 Å². The first-order valence-electron chi connectivity index (χ1n) is 9.33. The predicted molar refractivity (Wildman–Crippen MR) is 111 cm³/mol.